The monoisotopic (exact) mass is 643 g/mol. The van der Waals surface area contributed by atoms with Crippen LogP contribution in [0.1, 0.15) is 25.0 Å². The molecule has 7 nitrogen and oxygen atoms in total. The number of carbonyl (C=O) groups is 2. The molecule has 0 fully saturated rings. The van der Waals surface area contributed by atoms with Gasteiger partial charge in [0.15, 0.2) is 0 Å². The number of nitrogens with one attached hydrogen (secondary N) is 1. The second-order valence-electron chi connectivity index (χ2n) is 9.51. The number of hydrogen-bond acceptors (Lipinski definition) is 4. The van der Waals surface area contributed by atoms with Crippen LogP contribution in [0.25, 0.3) is 0 Å². The lowest BCUT2D eigenvalue weighted by molar-refractivity contribution is -0.140. The van der Waals surface area contributed by atoms with Gasteiger partial charge in [0.05, 0.1) is 32.0 Å². The molecule has 3 aromatic rings. The third-order valence-electron chi connectivity index (χ3n) is 5.91. The van der Waals surface area contributed by atoms with Crippen LogP contribution >= 0.6 is 46.4 Å². The minimum atomic E-state index is -3.94. The van der Waals surface area contributed by atoms with E-state index in [0.717, 1.165) is 16.1 Å². The van der Waals surface area contributed by atoms with E-state index in [-0.39, 0.29) is 45.7 Å². The van der Waals surface area contributed by atoms with Gasteiger partial charge in [-0.3, -0.25) is 13.9 Å². The zero-order valence-electron chi connectivity index (χ0n) is 22.1. The molecule has 0 spiro atoms. The van der Waals surface area contributed by atoms with Gasteiger partial charge in [-0.05, 0) is 55.3 Å². The third kappa shape index (κ3) is 8.75. The first-order valence-corrected chi connectivity index (χ1v) is 15.6. The Labute approximate surface area is 255 Å². The zero-order valence-corrected chi connectivity index (χ0v) is 25.9. The Morgan fingerprint density at radius 2 is 1.43 bits per heavy atom. The second-order valence-corrected chi connectivity index (χ2v) is 13.0. The van der Waals surface area contributed by atoms with Crippen LogP contribution in [0.15, 0.2) is 66.7 Å². The summed E-state index contributed by atoms with van der Waals surface area (Å²) >= 11 is 24.5. The summed E-state index contributed by atoms with van der Waals surface area (Å²) in [6.07, 6.45) is 1.18. The van der Waals surface area contributed by atoms with Crippen LogP contribution < -0.4 is 9.62 Å². The van der Waals surface area contributed by atoms with Crippen molar-refractivity contribution < 1.29 is 18.0 Å². The largest absolute Gasteiger partial charge is 0.352 e. The molecule has 0 aromatic heterocycles. The maximum absolute atomic E-state index is 14.0. The van der Waals surface area contributed by atoms with Gasteiger partial charge in [0.1, 0.15) is 12.6 Å². The number of benzene rings is 3. The van der Waals surface area contributed by atoms with Crippen molar-refractivity contribution in [1.82, 2.24) is 10.2 Å². The molecular formula is C28H29Cl4N3O4S. The molecule has 3 rings (SSSR count). The SMILES string of the molecule is CC(C)NC(=O)[C@H](Cc1ccccc1)N(Cc1ccc(Cl)c(Cl)c1)C(=O)CN(c1ccc(Cl)c(Cl)c1)S(C)(=O)=O. The molecule has 0 aliphatic carbocycles. The molecular weight excluding hydrogens is 616 g/mol. The number of hydrogen-bond donors (Lipinski definition) is 1. The summed E-state index contributed by atoms with van der Waals surface area (Å²) in [6, 6.07) is 17.3. The topological polar surface area (TPSA) is 86.8 Å². The number of carbonyl (C=O) groups excluding carboxylic acids is 2. The normalized spacial score (nSPS) is 12.2. The average Bonchev–Trinajstić information content (AvgIpc) is 2.88. The maximum atomic E-state index is 14.0. The fourth-order valence-corrected chi connectivity index (χ4v) is 5.48. The highest BCUT2D eigenvalue weighted by Gasteiger charge is 2.33. The van der Waals surface area contributed by atoms with E-state index in [1.807, 2.05) is 44.2 Å². The van der Waals surface area contributed by atoms with E-state index in [2.05, 4.69) is 5.32 Å². The summed E-state index contributed by atoms with van der Waals surface area (Å²) in [5.74, 6) is -0.991. The zero-order chi connectivity index (χ0) is 29.6. The molecule has 0 aliphatic rings. The molecule has 0 saturated heterocycles. The molecule has 0 saturated carbocycles. The Balaban J connectivity index is 2.08. The Bertz CT molecular complexity index is 1470. The van der Waals surface area contributed by atoms with Gasteiger partial charge in [-0.15, -0.1) is 0 Å². The second kappa shape index (κ2) is 13.9. The van der Waals surface area contributed by atoms with E-state index in [4.69, 9.17) is 46.4 Å². The van der Waals surface area contributed by atoms with Crippen LogP contribution in [-0.4, -0.2) is 50.0 Å². The molecule has 0 aliphatic heterocycles. The van der Waals surface area contributed by atoms with Crippen LogP contribution in [-0.2, 0) is 32.6 Å². The number of amides is 2. The van der Waals surface area contributed by atoms with Crippen molar-refractivity contribution in [3.05, 3.63) is 97.9 Å². The highest BCUT2D eigenvalue weighted by molar-refractivity contribution is 7.92. The van der Waals surface area contributed by atoms with E-state index in [9.17, 15) is 18.0 Å². The summed E-state index contributed by atoms with van der Waals surface area (Å²) in [6.45, 7) is 3.02. The first-order valence-electron chi connectivity index (χ1n) is 12.3. The van der Waals surface area contributed by atoms with Gasteiger partial charge in [0, 0.05) is 19.0 Å². The predicted octanol–water partition coefficient (Wildman–Crippen LogP) is 6.23. The Morgan fingerprint density at radius 3 is 1.98 bits per heavy atom. The highest BCUT2D eigenvalue weighted by atomic mass is 35.5. The van der Waals surface area contributed by atoms with Crippen molar-refractivity contribution in [3.8, 4) is 0 Å². The average molecular weight is 645 g/mol. The lowest BCUT2D eigenvalue weighted by Crippen LogP contribution is -2.54. The fourth-order valence-electron chi connectivity index (χ4n) is 4.02. The number of rotatable bonds is 11. The molecule has 40 heavy (non-hydrogen) atoms. The lowest BCUT2D eigenvalue weighted by Gasteiger charge is -2.34. The molecule has 1 N–H and O–H groups in total. The van der Waals surface area contributed by atoms with E-state index in [1.165, 1.54) is 23.1 Å². The van der Waals surface area contributed by atoms with Crippen molar-refractivity contribution in [3.63, 3.8) is 0 Å². The van der Waals surface area contributed by atoms with Gasteiger partial charge < -0.3 is 10.2 Å². The molecule has 2 amide bonds. The summed E-state index contributed by atoms with van der Waals surface area (Å²) in [5.41, 5.74) is 1.59. The van der Waals surface area contributed by atoms with Crippen LogP contribution in [0.4, 0.5) is 5.69 Å². The quantitative estimate of drug-likeness (QED) is 0.268. The Morgan fingerprint density at radius 1 is 0.825 bits per heavy atom. The van der Waals surface area contributed by atoms with Gasteiger partial charge >= 0.3 is 0 Å². The van der Waals surface area contributed by atoms with Gasteiger partial charge in [-0.25, -0.2) is 8.42 Å². The number of sulfonamides is 1. The van der Waals surface area contributed by atoms with Crippen LogP contribution in [0.3, 0.4) is 0 Å². The maximum Gasteiger partial charge on any atom is 0.244 e. The van der Waals surface area contributed by atoms with E-state index in [0.29, 0.717) is 10.6 Å². The van der Waals surface area contributed by atoms with Crippen LogP contribution in [0.2, 0.25) is 20.1 Å². The minimum Gasteiger partial charge on any atom is -0.352 e. The van der Waals surface area contributed by atoms with Gasteiger partial charge in [0.25, 0.3) is 0 Å². The molecule has 3 aromatic carbocycles. The summed E-state index contributed by atoms with van der Waals surface area (Å²) in [5, 5.41) is 3.88. The Hall–Kier alpha value is -2.49. The minimum absolute atomic E-state index is 0.0300. The molecule has 0 bridgehead atoms. The number of halogens is 4. The summed E-state index contributed by atoms with van der Waals surface area (Å²) in [4.78, 5) is 28.9. The molecule has 12 heteroatoms. The first-order chi connectivity index (χ1) is 18.8. The predicted molar refractivity (Wildman–Crippen MR) is 163 cm³/mol. The van der Waals surface area contributed by atoms with E-state index < -0.39 is 28.5 Å². The smallest absolute Gasteiger partial charge is 0.244 e. The van der Waals surface area contributed by atoms with Crippen molar-refractivity contribution in [2.24, 2.45) is 0 Å². The first kappa shape index (κ1) is 32.0. The van der Waals surface area contributed by atoms with Crippen molar-refractivity contribution in [1.29, 1.82) is 0 Å². The van der Waals surface area contributed by atoms with Crippen LogP contribution in [0, 0.1) is 0 Å². The third-order valence-corrected chi connectivity index (χ3v) is 8.53. The molecule has 214 valence electrons. The van der Waals surface area contributed by atoms with Crippen molar-refractivity contribution in [2.75, 3.05) is 17.1 Å². The molecule has 0 unspecified atom stereocenters. The molecule has 0 radical (unpaired) electrons. The van der Waals surface area contributed by atoms with Crippen molar-refractivity contribution >= 4 is 73.9 Å². The van der Waals surface area contributed by atoms with Gasteiger partial charge in [-0.1, -0.05) is 82.8 Å². The van der Waals surface area contributed by atoms with Crippen molar-refractivity contribution in [2.45, 2.75) is 38.9 Å². The van der Waals surface area contributed by atoms with Gasteiger partial charge in [-0.2, -0.15) is 0 Å². The fraction of sp³-hybridized carbons (Fsp3) is 0.286. The molecule has 1 atom stereocenters. The summed E-state index contributed by atoms with van der Waals surface area (Å²) < 4.78 is 26.6. The van der Waals surface area contributed by atoms with E-state index in [1.54, 1.807) is 18.2 Å². The number of nitrogens with zero attached hydrogens (tertiary/aromatic N) is 2. The highest BCUT2D eigenvalue weighted by Crippen LogP contribution is 2.29. The van der Waals surface area contributed by atoms with E-state index >= 15 is 0 Å². The molecule has 0 heterocycles. The lowest BCUT2D eigenvalue weighted by atomic mass is 10.0. The summed E-state index contributed by atoms with van der Waals surface area (Å²) in [7, 11) is -3.94. The number of anilines is 1. The van der Waals surface area contributed by atoms with Gasteiger partial charge in [0.2, 0.25) is 21.8 Å². The Kier molecular flexibility index (Phi) is 11.1. The van der Waals surface area contributed by atoms with Crippen LogP contribution in [0.5, 0.6) is 0 Å². The standard InChI is InChI=1S/C28H29Cl4N3O4S/c1-18(2)33-28(37)26(14-19-7-5-4-6-8-19)34(16-20-9-11-22(29)24(31)13-20)27(36)17-35(40(3,38)39)21-10-12-23(30)25(32)15-21/h4-13,15,18,26H,14,16-17H2,1-3H3,(H,33,37)/t26-/m0/s1.